The summed E-state index contributed by atoms with van der Waals surface area (Å²) in [6.45, 7) is 0.867. The Kier molecular flexibility index (Phi) is 2.86. The molecule has 0 bridgehead atoms. The van der Waals surface area contributed by atoms with Crippen molar-refractivity contribution in [3.8, 4) is 0 Å². The number of anilines is 1. The summed E-state index contributed by atoms with van der Waals surface area (Å²) in [6.07, 6.45) is 0.325. The quantitative estimate of drug-likeness (QED) is 0.818. The number of nitrogens with zero attached hydrogens (tertiary/aromatic N) is 2. The summed E-state index contributed by atoms with van der Waals surface area (Å²) in [4.78, 5) is 6.24. The maximum Gasteiger partial charge on any atom is 0.0990 e. The molecule has 2 N–H and O–H groups in total. The molecule has 2 unspecified atom stereocenters. The normalized spacial score (nSPS) is 23.8. The molecule has 4 nitrogen and oxygen atoms in total. The highest BCUT2D eigenvalue weighted by Gasteiger charge is 2.30. The van der Waals surface area contributed by atoms with Crippen LogP contribution in [0, 0.1) is 0 Å². The predicted octanol–water partition coefficient (Wildman–Crippen LogP) is 1.43. The van der Waals surface area contributed by atoms with Crippen molar-refractivity contribution in [2.45, 2.75) is 12.2 Å². The van der Waals surface area contributed by atoms with E-state index in [-0.39, 0.29) is 0 Å². The summed E-state index contributed by atoms with van der Waals surface area (Å²) in [5.74, 6) is 0. The lowest BCUT2D eigenvalue weighted by molar-refractivity contribution is 0.0572. The van der Waals surface area contributed by atoms with Crippen LogP contribution in [-0.4, -0.2) is 40.5 Å². The Balaban J connectivity index is 2.07. The van der Waals surface area contributed by atoms with Gasteiger partial charge in [0.15, 0.2) is 0 Å². The van der Waals surface area contributed by atoms with Gasteiger partial charge in [-0.1, -0.05) is 11.6 Å². The zero-order chi connectivity index (χ0) is 12.7. The standard InChI is InChI=1S/C13H13ClN2O2/c14-8-1-2-9-10(5-8)15-4-3-11(9)16-6-12(17)13(18)7-16/h1-5,12-13,17-18H,6-7H2. The lowest BCUT2D eigenvalue weighted by Crippen LogP contribution is -2.22. The van der Waals surface area contributed by atoms with Crippen molar-refractivity contribution in [3.63, 3.8) is 0 Å². The van der Waals surface area contributed by atoms with E-state index in [1.54, 1.807) is 6.20 Å². The van der Waals surface area contributed by atoms with Gasteiger partial charge in [0.1, 0.15) is 0 Å². The van der Waals surface area contributed by atoms with Gasteiger partial charge in [-0.2, -0.15) is 0 Å². The molecule has 0 aliphatic carbocycles. The topological polar surface area (TPSA) is 56.6 Å². The van der Waals surface area contributed by atoms with Crippen LogP contribution in [0.2, 0.25) is 5.02 Å². The van der Waals surface area contributed by atoms with Gasteiger partial charge in [0.05, 0.1) is 17.7 Å². The summed E-state index contributed by atoms with van der Waals surface area (Å²) in [6, 6.07) is 7.43. The Bertz CT molecular complexity index is 580. The zero-order valence-electron chi connectivity index (χ0n) is 9.62. The Morgan fingerprint density at radius 3 is 2.61 bits per heavy atom. The van der Waals surface area contributed by atoms with Gasteiger partial charge >= 0.3 is 0 Å². The number of β-amino-alcohol motifs (C(OH)–C–C–N with tert-alkyl or cyclic N) is 2. The number of pyridine rings is 1. The molecule has 0 radical (unpaired) electrons. The third-order valence-electron chi connectivity index (χ3n) is 3.28. The fourth-order valence-corrected chi connectivity index (χ4v) is 2.51. The van der Waals surface area contributed by atoms with Crippen molar-refractivity contribution in [2.24, 2.45) is 0 Å². The maximum atomic E-state index is 9.62. The number of benzene rings is 1. The summed E-state index contributed by atoms with van der Waals surface area (Å²) in [5.41, 5.74) is 1.78. The molecule has 2 heterocycles. The van der Waals surface area contributed by atoms with Gasteiger partial charge in [-0.25, -0.2) is 0 Å². The van der Waals surface area contributed by atoms with Gasteiger partial charge in [-0.05, 0) is 24.3 Å². The van der Waals surface area contributed by atoms with E-state index in [1.165, 1.54) is 0 Å². The smallest absolute Gasteiger partial charge is 0.0990 e. The van der Waals surface area contributed by atoms with Gasteiger partial charge in [-0.15, -0.1) is 0 Å². The number of hydrogen-bond donors (Lipinski definition) is 2. The SMILES string of the molecule is OC1CN(c2ccnc3cc(Cl)ccc23)CC1O. The Morgan fingerprint density at radius 2 is 1.89 bits per heavy atom. The van der Waals surface area contributed by atoms with Crippen molar-refractivity contribution in [3.05, 3.63) is 35.5 Å². The van der Waals surface area contributed by atoms with Crippen molar-refractivity contribution in [1.82, 2.24) is 4.98 Å². The zero-order valence-corrected chi connectivity index (χ0v) is 10.4. The van der Waals surface area contributed by atoms with Crippen LogP contribution in [0.3, 0.4) is 0 Å². The average molecular weight is 265 g/mol. The summed E-state index contributed by atoms with van der Waals surface area (Å²) in [7, 11) is 0. The van der Waals surface area contributed by atoms with Crippen LogP contribution < -0.4 is 4.90 Å². The van der Waals surface area contributed by atoms with Crippen LogP contribution in [0.1, 0.15) is 0 Å². The highest BCUT2D eigenvalue weighted by atomic mass is 35.5. The molecular weight excluding hydrogens is 252 g/mol. The van der Waals surface area contributed by atoms with E-state index < -0.39 is 12.2 Å². The van der Waals surface area contributed by atoms with E-state index in [0.29, 0.717) is 18.1 Å². The second-order valence-corrected chi connectivity index (χ2v) is 4.97. The number of aliphatic hydroxyl groups excluding tert-OH is 2. The molecule has 1 aliphatic rings. The minimum absolute atomic E-state index is 0.433. The Labute approximate surface area is 109 Å². The molecule has 94 valence electrons. The lowest BCUT2D eigenvalue weighted by atomic mass is 10.2. The van der Waals surface area contributed by atoms with Crippen LogP contribution in [0.25, 0.3) is 10.9 Å². The third-order valence-corrected chi connectivity index (χ3v) is 3.52. The molecule has 0 amide bonds. The predicted molar refractivity (Wildman–Crippen MR) is 71.0 cm³/mol. The number of rotatable bonds is 1. The van der Waals surface area contributed by atoms with Gasteiger partial charge in [0.2, 0.25) is 0 Å². The van der Waals surface area contributed by atoms with E-state index in [2.05, 4.69) is 4.98 Å². The molecular formula is C13H13ClN2O2. The summed E-state index contributed by atoms with van der Waals surface area (Å²) in [5, 5.41) is 20.9. The van der Waals surface area contributed by atoms with Gasteiger partial charge in [0, 0.05) is 35.4 Å². The van der Waals surface area contributed by atoms with E-state index in [1.807, 2.05) is 29.2 Å². The largest absolute Gasteiger partial charge is 0.389 e. The van der Waals surface area contributed by atoms with Gasteiger partial charge < -0.3 is 15.1 Å². The fraction of sp³-hybridized carbons (Fsp3) is 0.308. The molecule has 18 heavy (non-hydrogen) atoms. The first-order chi connectivity index (χ1) is 8.65. The number of aromatic nitrogens is 1. The molecule has 0 saturated carbocycles. The fourth-order valence-electron chi connectivity index (χ4n) is 2.35. The monoisotopic (exact) mass is 264 g/mol. The number of fused-ring (bicyclic) bond motifs is 1. The first-order valence-corrected chi connectivity index (χ1v) is 6.18. The van der Waals surface area contributed by atoms with Gasteiger partial charge in [-0.3, -0.25) is 4.98 Å². The van der Waals surface area contributed by atoms with Crippen molar-refractivity contribution < 1.29 is 10.2 Å². The van der Waals surface area contributed by atoms with E-state index >= 15 is 0 Å². The second kappa shape index (κ2) is 4.39. The first kappa shape index (κ1) is 11.7. The molecule has 1 fully saturated rings. The molecule has 1 aromatic heterocycles. The molecule has 2 atom stereocenters. The van der Waals surface area contributed by atoms with Crippen LogP contribution >= 0.6 is 11.6 Å². The first-order valence-electron chi connectivity index (χ1n) is 5.80. The molecule has 2 aromatic rings. The molecule has 5 heteroatoms. The van der Waals surface area contributed by atoms with Crippen LogP contribution in [0.15, 0.2) is 30.5 Å². The minimum Gasteiger partial charge on any atom is -0.389 e. The lowest BCUT2D eigenvalue weighted by Gasteiger charge is -2.19. The van der Waals surface area contributed by atoms with Crippen molar-refractivity contribution in [2.75, 3.05) is 18.0 Å². The maximum absolute atomic E-state index is 9.62. The highest BCUT2D eigenvalue weighted by molar-refractivity contribution is 6.31. The highest BCUT2D eigenvalue weighted by Crippen LogP contribution is 2.29. The van der Waals surface area contributed by atoms with Crippen LogP contribution in [0.5, 0.6) is 0 Å². The van der Waals surface area contributed by atoms with Crippen molar-refractivity contribution >= 4 is 28.2 Å². The Morgan fingerprint density at radius 1 is 1.17 bits per heavy atom. The van der Waals surface area contributed by atoms with Crippen molar-refractivity contribution in [1.29, 1.82) is 0 Å². The van der Waals surface area contributed by atoms with Gasteiger partial charge in [0.25, 0.3) is 0 Å². The van der Waals surface area contributed by atoms with E-state index in [9.17, 15) is 10.2 Å². The average Bonchev–Trinajstić information content (AvgIpc) is 2.68. The van der Waals surface area contributed by atoms with E-state index in [0.717, 1.165) is 16.6 Å². The second-order valence-electron chi connectivity index (χ2n) is 4.53. The van der Waals surface area contributed by atoms with Crippen LogP contribution in [-0.2, 0) is 0 Å². The third kappa shape index (κ3) is 1.92. The number of halogens is 1. The summed E-state index contributed by atoms with van der Waals surface area (Å²) < 4.78 is 0. The number of aliphatic hydroxyl groups is 2. The number of hydrogen-bond acceptors (Lipinski definition) is 4. The van der Waals surface area contributed by atoms with E-state index in [4.69, 9.17) is 11.6 Å². The summed E-state index contributed by atoms with van der Waals surface area (Å²) >= 11 is 5.94. The molecule has 1 aliphatic heterocycles. The minimum atomic E-state index is -0.694. The van der Waals surface area contributed by atoms with Crippen LogP contribution in [0.4, 0.5) is 5.69 Å². The molecule has 3 rings (SSSR count). The molecule has 1 saturated heterocycles. The molecule has 1 aromatic carbocycles. The molecule has 0 spiro atoms. The Hall–Kier alpha value is -1.36.